The molecule has 0 amide bonds. The number of hydrogen-bond acceptors (Lipinski definition) is 1. The summed E-state index contributed by atoms with van der Waals surface area (Å²) in [6.45, 7) is 3.84. The molecule has 0 saturated carbocycles. The van der Waals surface area contributed by atoms with Gasteiger partial charge in [-0.1, -0.05) is 67.3 Å². The van der Waals surface area contributed by atoms with E-state index >= 15 is 0 Å². The quantitative estimate of drug-likeness (QED) is 0.734. The summed E-state index contributed by atoms with van der Waals surface area (Å²) in [5, 5.41) is 0. The first-order valence-electron chi connectivity index (χ1n) is 7.28. The van der Waals surface area contributed by atoms with E-state index in [1.807, 2.05) is 6.08 Å². The van der Waals surface area contributed by atoms with Crippen molar-refractivity contribution in [3.8, 4) is 0 Å². The number of hydrogen-bond donors (Lipinski definition) is 0. The molecule has 0 fully saturated rings. The van der Waals surface area contributed by atoms with Crippen LogP contribution in [0.15, 0.2) is 97.1 Å². The van der Waals surface area contributed by atoms with Gasteiger partial charge in [-0.05, 0) is 36.3 Å². The van der Waals surface area contributed by atoms with Crippen molar-refractivity contribution in [2.45, 2.75) is 12.5 Å². The monoisotopic (exact) mass is 273 g/mol. The molecule has 0 N–H and O–H groups in total. The second-order valence-electron chi connectivity index (χ2n) is 5.11. The average Bonchev–Trinajstić information content (AvgIpc) is 2.58. The number of benzene rings is 2. The fourth-order valence-electron chi connectivity index (χ4n) is 2.68. The van der Waals surface area contributed by atoms with E-state index < -0.39 is 0 Å². The largest absolute Gasteiger partial charge is 0.334 e. The smallest absolute Gasteiger partial charge is 0.0560 e. The van der Waals surface area contributed by atoms with Crippen LogP contribution in [0.5, 0.6) is 0 Å². The molecule has 0 heterocycles. The van der Waals surface area contributed by atoms with Crippen LogP contribution in [-0.4, -0.2) is 6.04 Å². The van der Waals surface area contributed by atoms with Crippen molar-refractivity contribution < 1.29 is 0 Å². The van der Waals surface area contributed by atoms with Crippen molar-refractivity contribution in [1.29, 1.82) is 0 Å². The van der Waals surface area contributed by atoms with Gasteiger partial charge in [0.2, 0.25) is 0 Å². The van der Waals surface area contributed by atoms with E-state index in [0.717, 1.165) is 6.42 Å². The Hall–Kier alpha value is -2.54. The zero-order valence-electron chi connectivity index (χ0n) is 12.0. The van der Waals surface area contributed by atoms with Crippen molar-refractivity contribution in [3.05, 3.63) is 97.1 Å². The first-order chi connectivity index (χ1) is 10.4. The predicted octanol–water partition coefficient (Wildman–Crippen LogP) is 5.27. The Morgan fingerprint density at radius 2 is 1.48 bits per heavy atom. The third-order valence-corrected chi connectivity index (χ3v) is 3.74. The van der Waals surface area contributed by atoms with Crippen LogP contribution in [0.2, 0.25) is 0 Å². The number of allylic oxidation sites excluding steroid dienone is 3. The number of anilines is 2. The van der Waals surface area contributed by atoms with E-state index in [-0.39, 0.29) is 0 Å². The van der Waals surface area contributed by atoms with Crippen molar-refractivity contribution in [3.63, 3.8) is 0 Å². The van der Waals surface area contributed by atoms with Crippen LogP contribution < -0.4 is 4.90 Å². The summed E-state index contributed by atoms with van der Waals surface area (Å²) < 4.78 is 0. The molecule has 21 heavy (non-hydrogen) atoms. The first kappa shape index (κ1) is 13.4. The molecule has 1 heteroatoms. The highest BCUT2D eigenvalue weighted by atomic mass is 15.2. The molecule has 1 nitrogen and oxygen atoms in total. The third kappa shape index (κ3) is 2.97. The fourth-order valence-corrected chi connectivity index (χ4v) is 2.68. The third-order valence-electron chi connectivity index (χ3n) is 3.74. The van der Waals surface area contributed by atoms with Gasteiger partial charge in [0.25, 0.3) is 0 Å². The molecule has 0 spiro atoms. The Kier molecular flexibility index (Phi) is 4.02. The summed E-state index contributed by atoms with van der Waals surface area (Å²) >= 11 is 0. The molecule has 1 aliphatic carbocycles. The molecule has 0 bridgehead atoms. The lowest BCUT2D eigenvalue weighted by Gasteiger charge is -2.33. The van der Waals surface area contributed by atoms with E-state index in [4.69, 9.17) is 0 Å². The van der Waals surface area contributed by atoms with Gasteiger partial charge >= 0.3 is 0 Å². The fraction of sp³-hybridized carbons (Fsp3) is 0.100. The van der Waals surface area contributed by atoms with Gasteiger partial charge in [-0.3, -0.25) is 0 Å². The van der Waals surface area contributed by atoms with E-state index in [2.05, 4.69) is 90.4 Å². The summed E-state index contributed by atoms with van der Waals surface area (Å²) in [6, 6.07) is 21.4. The molecule has 0 saturated heterocycles. The highest BCUT2D eigenvalue weighted by Gasteiger charge is 2.19. The lowest BCUT2D eigenvalue weighted by molar-refractivity contribution is 0.782. The molecule has 2 aromatic carbocycles. The Labute approximate surface area is 126 Å². The molecule has 104 valence electrons. The maximum Gasteiger partial charge on any atom is 0.0560 e. The summed E-state index contributed by atoms with van der Waals surface area (Å²) in [5.41, 5.74) is 3.63. The van der Waals surface area contributed by atoms with Gasteiger partial charge in [0.15, 0.2) is 0 Å². The predicted molar refractivity (Wildman–Crippen MR) is 90.8 cm³/mol. The van der Waals surface area contributed by atoms with Crippen LogP contribution in [0.4, 0.5) is 11.4 Å². The summed E-state index contributed by atoms with van der Waals surface area (Å²) in [7, 11) is 0. The summed E-state index contributed by atoms with van der Waals surface area (Å²) in [5.74, 6) is 0. The number of nitrogens with zero attached hydrogens (tertiary/aromatic N) is 1. The Morgan fingerprint density at radius 1 is 0.905 bits per heavy atom. The highest BCUT2D eigenvalue weighted by Crippen LogP contribution is 2.31. The average molecular weight is 273 g/mol. The van der Waals surface area contributed by atoms with Gasteiger partial charge in [0, 0.05) is 11.4 Å². The minimum Gasteiger partial charge on any atom is -0.334 e. The van der Waals surface area contributed by atoms with Gasteiger partial charge in [-0.2, -0.15) is 0 Å². The van der Waals surface area contributed by atoms with Gasteiger partial charge in [-0.25, -0.2) is 0 Å². The first-order valence-corrected chi connectivity index (χ1v) is 7.28. The standard InChI is InChI=1S/C20H19N/c1-2-17-13-15-20(16-14-17)21(18-9-5-3-6-10-18)19-11-7-4-8-12-19/h2-15,20H,1,16H2/t20-/m0/s1. The Morgan fingerprint density at radius 3 is 1.90 bits per heavy atom. The zero-order valence-corrected chi connectivity index (χ0v) is 12.0. The molecule has 1 atom stereocenters. The van der Waals surface area contributed by atoms with Gasteiger partial charge in [-0.15, -0.1) is 0 Å². The lowest BCUT2D eigenvalue weighted by Crippen LogP contribution is -2.30. The van der Waals surface area contributed by atoms with Crippen molar-refractivity contribution in [1.82, 2.24) is 0 Å². The minimum atomic E-state index is 0.332. The highest BCUT2D eigenvalue weighted by molar-refractivity contribution is 5.65. The maximum absolute atomic E-state index is 3.84. The molecular weight excluding hydrogens is 254 g/mol. The lowest BCUT2D eigenvalue weighted by atomic mass is 10.0. The van der Waals surface area contributed by atoms with Gasteiger partial charge < -0.3 is 4.90 Å². The van der Waals surface area contributed by atoms with Gasteiger partial charge in [0.1, 0.15) is 0 Å². The second kappa shape index (κ2) is 6.27. The van der Waals surface area contributed by atoms with Crippen molar-refractivity contribution in [2.24, 2.45) is 0 Å². The molecule has 3 rings (SSSR count). The van der Waals surface area contributed by atoms with E-state index in [1.165, 1.54) is 16.9 Å². The van der Waals surface area contributed by atoms with Crippen LogP contribution in [0.1, 0.15) is 6.42 Å². The SMILES string of the molecule is C=CC1=CC[C@@H](N(c2ccccc2)c2ccccc2)C=C1. The van der Waals surface area contributed by atoms with Crippen molar-refractivity contribution >= 4 is 11.4 Å². The molecule has 0 unspecified atom stereocenters. The van der Waals surface area contributed by atoms with Gasteiger partial charge in [0.05, 0.1) is 6.04 Å². The number of para-hydroxylation sites is 2. The number of rotatable bonds is 4. The second-order valence-corrected chi connectivity index (χ2v) is 5.11. The minimum absolute atomic E-state index is 0.332. The molecule has 0 aromatic heterocycles. The van der Waals surface area contributed by atoms with Crippen LogP contribution >= 0.6 is 0 Å². The van der Waals surface area contributed by atoms with Crippen LogP contribution in [0.25, 0.3) is 0 Å². The zero-order chi connectivity index (χ0) is 14.5. The molecule has 2 aromatic rings. The van der Waals surface area contributed by atoms with E-state index in [9.17, 15) is 0 Å². The van der Waals surface area contributed by atoms with Crippen LogP contribution in [0.3, 0.4) is 0 Å². The normalized spacial score (nSPS) is 17.1. The van der Waals surface area contributed by atoms with E-state index in [1.54, 1.807) is 0 Å². The summed E-state index contributed by atoms with van der Waals surface area (Å²) in [4.78, 5) is 2.38. The van der Waals surface area contributed by atoms with Crippen LogP contribution in [0, 0.1) is 0 Å². The molecule has 1 aliphatic rings. The summed E-state index contributed by atoms with van der Waals surface area (Å²) in [6.07, 6.45) is 9.55. The Balaban J connectivity index is 1.97. The topological polar surface area (TPSA) is 3.24 Å². The molecule has 0 aliphatic heterocycles. The molecular formula is C20H19N. The van der Waals surface area contributed by atoms with Crippen molar-refractivity contribution in [2.75, 3.05) is 4.90 Å². The van der Waals surface area contributed by atoms with E-state index in [0.29, 0.717) is 6.04 Å². The molecule has 0 radical (unpaired) electrons. The maximum atomic E-state index is 3.84. The Bertz CT molecular complexity index is 613. The van der Waals surface area contributed by atoms with Crippen LogP contribution in [-0.2, 0) is 0 Å².